The number of nitrogens with two attached hydrogens (primary N) is 2. The number of carbonyl (C=O) groups is 2. The van der Waals surface area contributed by atoms with Crippen molar-refractivity contribution in [3.05, 3.63) is 59.7 Å². The van der Waals surface area contributed by atoms with Gasteiger partial charge in [-0.15, -0.1) is 0 Å². The highest BCUT2D eigenvalue weighted by Crippen LogP contribution is 2.22. The minimum absolute atomic E-state index is 0.0805. The lowest BCUT2D eigenvalue weighted by atomic mass is 10.2. The maximum Gasteiger partial charge on any atom is 0.265 e. The molecule has 0 aliphatic carbocycles. The van der Waals surface area contributed by atoms with Gasteiger partial charge in [-0.3, -0.25) is 15.0 Å². The smallest absolute Gasteiger partial charge is 0.265 e. The summed E-state index contributed by atoms with van der Waals surface area (Å²) in [5.41, 5.74) is 7.26. The van der Waals surface area contributed by atoms with E-state index in [0.717, 1.165) is 0 Å². The van der Waals surface area contributed by atoms with Crippen LogP contribution in [0.2, 0.25) is 0 Å². The summed E-state index contributed by atoms with van der Waals surface area (Å²) in [5, 5.41) is 0. The summed E-state index contributed by atoms with van der Waals surface area (Å²) < 4.78 is 25.1. The van der Waals surface area contributed by atoms with E-state index in [2.05, 4.69) is 0 Å². The number of hydrazine groups is 1. The Balaban J connectivity index is 2.53. The van der Waals surface area contributed by atoms with Crippen molar-refractivity contribution in [1.82, 2.24) is 5.43 Å². The van der Waals surface area contributed by atoms with Gasteiger partial charge < -0.3 is 5.73 Å². The Morgan fingerprint density at radius 3 is 1.91 bits per heavy atom. The summed E-state index contributed by atoms with van der Waals surface area (Å²) in [4.78, 5) is 22.5. The van der Waals surface area contributed by atoms with E-state index in [1.807, 2.05) is 5.43 Å². The van der Waals surface area contributed by atoms with Crippen LogP contribution in [-0.4, -0.2) is 20.2 Å². The molecule has 0 saturated carbocycles. The first-order chi connectivity index (χ1) is 10.4. The first kappa shape index (κ1) is 15.7. The van der Waals surface area contributed by atoms with Gasteiger partial charge in [-0.05, 0) is 36.4 Å². The molecule has 5 N–H and O–H groups in total. The van der Waals surface area contributed by atoms with Crippen LogP contribution in [0, 0.1) is 0 Å². The molecule has 7 nitrogen and oxygen atoms in total. The average Bonchev–Trinajstić information content (AvgIpc) is 2.54. The Hall–Kier alpha value is -2.71. The highest BCUT2D eigenvalue weighted by molar-refractivity contribution is 7.91. The second-order valence-corrected chi connectivity index (χ2v) is 6.35. The largest absolute Gasteiger partial charge is 0.366 e. The monoisotopic (exact) mass is 319 g/mol. The molecule has 0 bridgehead atoms. The second-order valence-electron chi connectivity index (χ2n) is 4.40. The van der Waals surface area contributed by atoms with E-state index in [0.29, 0.717) is 0 Å². The van der Waals surface area contributed by atoms with Crippen LogP contribution >= 0.6 is 0 Å². The van der Waals surface area contributed by atoms with Crippen molar-refractivity contribution in [2.45, 2.75) is 9.79 Å². The first-order valence-electron chi connectivity index (χ1n) is 6.12. The molecule has 2 aromatic rings. The molecule has 0 aliphatic rings. The van der Waals surface area contributed by atoms with Gasteiger partial charge in [0.15, 0.2) is 0 Å². The van der Waals surface area contributed by atoms with Crippen LogP contribution in [0.5, 0.6) is 0 Å². The summed E-state index contributed by atoms with van der Waals surface area (Å²) in [6.07, 6.45) is 0. The van der Waals surface area contributed by atoms with Crippen molar-refractivity contribution in [2.75, 3.05) is 0 Å². The number of nitrogens with one attached hydrogen (secondary N) is 1. The molecule has 0 radical (unpaired) electrons. The topological polar surface area (TPSA) is 132 Å². The summed E-state index contributed by atoms with van der Waals surface area (Å²) in [6.45, 7) is 0. The molecule has 2 amide bonds. The number of primary amides is 1. The fourth-order valence-corrected chi connectivity index (χ4v) is 3.19. The van der Waals surface area contributed by atoms with Crippen LogP contribution in [0.1, 0.15) is 20.7 Å². The highest BCUT2D eigenvalue weighted by Gasteiger charge is 2.20. The Kier molecular flexibility index (Phi) is 4.25. The number of rotatable bonds is 4. The Morgan fingerprint density at radius 2 is 1.41 bits per heavy atom. The first-order valence-corrected chi connectivity index (χ1v) is 7.60. The summed E-state index contributed by atoms with van der Waals surface area (Å²) in [7, 11) is -3.89. The van der Waals surface area contributed by atoms with Crippen molar-refractivity contribution < 1.29 is 18.0 Å². The number of nitrogen functional groups attached to an aromatic ring is 1. The standard InChI is InChI=1S/C14H13N3O4S/c15-13(18)9-3-1-5-11(7-9)22(20,21)12-6-2-4-10(8-12)14(19)17-16/h1-8H,16H2,(H2,15,18)(H,17,19). The third-order valence-corrected chi connectivity index (χ3v) is 4.72. The minimum Gasteiger partial charge on any atom is -0.366 e. The van der Waals surface area contributed by atoms with E-state index in [1.54, 1.807) is 0 Å². The lowest BCUT2D eigenvalue weighted by molar-refractivity contribution is 0.0952. The molecule has 2 rings (SSSR count). The number of hydrogen-bond donors (Lipinski definition) is 3. The number of sulfone groups is 1. The zero-order valence-electron chi connectivity index (χ0n) is 11.3. The van der Waals surface area contributed by atoms with Gasteiger partial charge >= 0.3 is 0 Å². The minimum atomic E-state index is -3.89. The lowest BCUT2D eigenvalue weighted by Crippen LogP contribution is -2.30. The Labute approximate surface area is 126 Å². The van der Waals surface area contributed by atoms with Crippen molar-refractivity contribution in [3.8, 4) is 0 Å². The van der Waals surface area contributed by atoms with Crippen LogP contribution in [-0.2, 0) is 9.84 Å². The van der Waals surface area contributed by atoms with Crippen molar-refractivity contribution in [3.63, 3.8) is 0 Å². The van der Waals surface area contributed by atoms with Gasteiger partial charge in [0.05, 0.1) is 9.79 Å². The van der Waals surface area contributed by atoms with Crippen LogP contribution < -0.4 is 17.0 Å². The van der Waals surface area contributed by atoms with Gasteiger partial charge in [-0.25, -0.2) is 14.3 Å². The molecule has 2 aromatic carbocycles. The fraction of sp³-hybridized carbons (Fsp3) is 0. The van der Waals surface area contributed by atoms with E-state index >= 15 is 0 Å². The van der Waals surface area contributed by atoms with Gasteiger partial charge in [0.25, 0.3) is 5.91 Å². The number of carbonyl (C=O) groups excluding carboxylic acids is 2. The normalized spacial score (nSPS) is 11.0. The van der Waals surface area contributed by atoms with Crippen LogP contribution in [0.3, 0.4) is 0 Å². The highest BCUT2D eigenvalue weighted by atomic mass is 32.2. The zero-order valence-corrected chi connectivity index (χ0v) is 12.1. The number of amides is 2. The molecular formula is C14H13N3O4S. The maximum absolute atomic E-state index is 12.6. The molecule has 0 spiro atoms. The molecule has 0 aromatic heterocycles. The molecule has 0 saturated heterocycles. The predicted octanol–water partition coefficient (Wildman–Crippen LogP) is 0.222. The van der Waals surface area contributed by atoms with Crippen LogP contribution in [0.25, 0.3) is 0 Å². The third kappa shape index (κ3) is 2.97. The molecule has 114 valence electrons. The van der Waals surface area contributed by atoms with E-state index in [-0.39, 0.29) is 20.9 Å². The SMILES string of the molecule is NNC(=O)c1cccc(S(=O)(=O)c2cccc(C(N)=O)c2)c1. The van der Waals surface area contributed by atoms with Gasteiger partial charge in [0, 0.05) is 11.1 Å². The van der Waals surface area contributed by atoms with Gasteiger partial charge in [0.1, 0.15) is 0 Å². The Bertz CT molecular complexity index is 847. The number of benzene rings is 2. The molecular weight excluding hydrogens is 306 g/mol. The maximum atomic E-state index is 12.6. The molecule has 22 heavy (non-hydrogen) atoms. The summed E-state index contributed by atoms with van der Waals surface area (Å²) >= 11 is 0. The van der Waals surface area contributed by atoms with Crippen LogP contribution in [0.4, 0.5) is 0 Å². The van der Waals surface area contributed by atoms with E-state index < -0.39 is 21.7 Å². The molecule has 0 unspecified atom stereocenters. The zero-order chi connectivity index (χ0) is 16.3. The predicted molar refractivity (Wildman–Crippen MR) is 78.5 cm³/mol. The summed E-state index contributed by atoms with van der Waals surface area (Å²) in [5.74, 6) is 3.69. The second kappa shape index (κ2) is 5.96. The van der Waals surface area contributed by atoms with Gasteiger partial charge in [0.2, 0.25) is 15.7 Å². The number of hydrogen-bond acceptors (Lipinski definition) is 5. The molecule has 0 fully saturated rings. The van der Waals surface area contributed by atoms with Crippen molar-refractivity contribution in [2.24, 2.45) is 11.6 Å². The van der Waals surface area contributed by atoms with Gasteiger partial charge in [-0.2, -0.15) is 0 Å². The lowest BCUT2D eigenvalue weighted by Gasteiger charge is -2.07. The summed E-state index contributed by atoms with van der Waals surface area (Å²) in [6, 6.07) is 10.8. The van der Waals surface area contributed by atoms with E-state index in [1.165, 1.54) is 48.5 Å². The van der Waals surface area contributed by atoms with Crippen molar-refractivity contribution >= 4 is 21.7 Å². The third-order valence-electron chi connectivity index (χ3n) is 2.97. The quantitative estimate of drug-likeness (QED) is 0.421. The average molecular weight is 319 g/mol. The van der Waals surface area contributed by atoms with E-state index in [4.69, 9.17) is 11.6 Å². The molecule has 0 atom stereocenters. The van der Waals surface area contributed by atoms with Crippen molar-refractivity contribution in [1.29, 1.82) is 0 Å². The molecule has 0 aliphatic heterocycles. The fourth-order valence-electron chi connectivity index (χ4n) is 1.84. The van der Waals surface area contributed by atoms with Crippen LogP contribution in [0.15, 0.2) is 58.3 Å². The Morgan fingerprint density at radius 1 is 0.909 bits per heavy atom. The molecule has 0 heterocycles. The van der Waals surface area contributed by atoms with E-state index in [9.17, 15) is 18.0 Å². The molecule has 8 heteroatoms. The van der Waals surface area contributed by atoms with Gasteiger partial charge in [-0.1, -0.05) is 12.1 Å².